The summed E-state index contributed by atoms with van der Waals surface area (Å²) >= 11 is 0. The Balaban J connectivity index is 2.25. The zero-order valence-corrected chi connectivity index (χ0v) is 8.77. The lowest BCUT2D eigenvalue weighted by Gasteiger charge is -2.20. The number of carbonyl (C=O) groups excluding carboxylic acids is 1. The molecule has 1 aliphatic heterocycles. The van der Waals surface area contributed by atoms with E-state index in [4.69, 9.17) is 4.74 Å². The van der Waals surface area contributed by atoms with Gasteiger partial charge in [-0.3, -0.25) is 9.00 Å². The standard InChI is InChI=1S/C9H16O3S/c1-8(10)4-7-13(11)9-2-5-12-6-3-9/h9H,2-7H2,1H3. The maximum Gasteiger partial charge on any atom is 0.130 e. The van der Waals surface area contributed by atoms with Gasteiger partial charge in [-0.15, -0.1) is 0 Å². The maximum atomic E-state index is 11.6. The van der Waals surface area contributed by atoms with Crippen molar-refractivity contribution in [2.45, 2.75) is 31.4 Å². The third kappa shape index (κ3) is 4.00. The lowest BCUT2D eigenvalue weighted by Crippen LogP contribution is -2.26. The SMILES string of the molecule is CC(=O)CCS(=O)C1CCOCC1. The first-order valence-electron chi connectivity index (χ1n) is 4.64. The van der Waals surface area contributed by atoms with Crippen LogP contribution in [-0.2, 0) is 20.3 Å². The Labute approximate surface area is 81.3 Å². The number of hydrogen-bond donors (Lipinski definition) is 0. The van der Waals surface area contributed by atoms with Gasteiger partial charge in [0.25, 0.3) is 0 Å². The number of ether oxygens (including phenoxy) is 1. The molecule has 0 radical (unpaired) electrons. The summed E-state index contributed by atoms with van der Waals surface area (Å²) in [5, 5.41) is 0.257. The van der Waals surface area contributed by atoms with Gasteiger partial charge in [-0.25, -0.2) is 0 Å². The van der Waals surface area contributed by atoms with Gasteiger partial charge in [0.2, 0.25) is 0 Å². The summed E-state index contributed by atoms with van der Waals surface area (Å²) in [6.45, 7) is 2.98. The number of ketones is 1. The summed E-state index contributed by atoms with van der Waals surface area (Å²) in [6.07, 6.45) is 2.21. The molecule has 0 aliphatic carbocycles. The Morgan fingerprint density at radius 1 is 1.46 bits per heavy atom. The second-order valence-corrected chi connectivity index (χ2v) is 5.19. The topological polar surface area (TPSA) is 43.4 Å². The van der Waals surface area contributed by atoms with Crippen molar-refractivity contribution in [2.75, 3.05) is 19.0 Å². The van der Waals surface area contributed by atoms with Crippen molar-refractivity contribution in [3.05, 3.63) is 0 Å². The molecule has 0 aromatic rings. The van der Waals surface area contributed by atoms with Crippen LogP contribution in [0.15, 0.2) is 0 Å². The van der Waals surface area contributed by atoms with Gasteiger partial charge in [-0.2, -0.15) is 0 Å². The van der Waals surface area contributed by atoms with Crippen LogP contribution in [0.5, 0.6) is 0 Å². The molecule has 1 heterocycles. The molecule has 0 aromatic carbocycles. The highest BCUT2D eigenvalue weighted by molar-refractivity contribution is 7.85. The Bertz CT molecular complexity index is 197. The lowest BCUT2D eigenvalue weighted by atomic mass is 10.2. The number of Topliss-reactive ketones (excluding diaryl/α,β-unsaturated/α-hetero) is 1. The molecule has 1 aliphatic rings. The molecule has 0 N–H and O–H groups in total. The number of carbonyl (C=O) groups is 1. The highest BCUT2D eigenvalue weighted by atomic mass is 32.2. The Kier molecular flexibility index (Phi) is 4.59. The lowest BCUT2D eigenvalue weighted by molar-refractivity contribution is -0.116. The van der Waals surface area contributed by atoms with Crippen molar-refractivity contribution in [2.24, 2.45) is 0 Å². The van der Waals surface area contributed by atoms with Crippen molar-refractivity contribution in [3.8, 4) is 0 Å². The van der Waals surface area contributed by atoms with Crippen molar-refractivity contribution >= 4 is 16.6 Å². The molecule has 0 spiro atoms. The monoisotopic (exact) mass is 204 g/mol. The van der Waals surface area contributed by atoms with E-state index in [9.17, 15) is 9.00 Å². The second-order valence-electron chi connectivity index (χ2n) is 3.35. The molecule has 1 saturated heterocycles. The Hall–Kier alpha value is -0.220. The van der Waals surface area contributed by atoms with Gasteiger partial charge in [0.15, 0.2) is 0 Å². The largest absolute Gasteiger partial charge is 0.381 e. The van der Waals surface area contributed by atoms with E-state index in [0.717, 1.165) is 26.1 Å². The van der Waals surface area contributed by atoms with Gasteiger partial charge in [-0.1, -0.05) is 0 Å². The van der Waals surface area contributed by atoms with Gasteiger partial charge < -0.3 is 4.74 Å². The zero-order valence-electron chi connectivity index (χ0n) is 7.95. The summed E-state index contributed by atoms with van der Waals surface area (Å²) in [6, 6.07) is 0. The van der Waals surface area contributed by atoms with Crippen LogP contribution in [0.4, 0.5) is 0 Å². The molecule has 0 saturated carbocycles. The molecule has 1 rings (SSSR count). The molecule has 1 fully saturated rings. The third-order valence-electron chi connectivity index (χ3n) is 2.20. The quantitative estimate of drug-likeness (QED) is 0.683. The van der Waals surface area contributed by atoms with Crippen LogP contribution in [0, 0.1) is 0 Å². The fourth-order valence-corrected chi connectivity index (χ4v) is 2.89. The van der Waals surface area contributed by atoms with Crippen molar-refractivity contribution in [3.63, 3.8) is 0 Å². The van der Waals surface area contributed by atoms with Crippen molar-refractivity contribution in [1.29, 1.82) is 0 Å². The molecule has 0 aromatic heterocycles. The minimum atomic E-state index is -0.828. The summed E-state index contributed by atoms with van der Waals surface area (Å²) in [7, 11) is -0.828. The molecular weight excluding hydrogens is 188 g/mol. The van der Waals surface area contributed by atoms with Gasteiger partial charge in [-0.05, 0) is 19.8 Å². The molecule has 1 atom stereocenters. The highest BCUT2D eigenvalue weighted by Crippen LogP contribution is 2.13. The van der Waals surface area contributed by atoms with Crippen LogP contribution >= 0.6 is 0 Å². The van der Waals surface area contributed by atoms with Crippen LogP contribution in [0.2, 0.25) is 0 Å². The third-order valence-corrected chi connectivity index (χ3v) is 4.02. The van der Waals surface area contributed by atoms with Gasteiger partial charge in [0, 0.05) is 41.4 Å². The molecule has 3 nitrogen and oxygen atoms in total. The van der Waals surface area contributed by atoms with E-state index in [1.807, 2.05) is 0 Å². The number of hydrogen-bond acceptors (Lipinski definition) is 3. The van der Waals surface area contributed by atoms with Gasteiger partial charge in [0.05, 0.1) is 0 Å². The fraction of sp³-hybridized carbons (Fsp3) is 0.889. The van der Waals surface area contributed by atoms with E-state index in [-0.39, 0.29) is 11.0 Å². The highest BCUT2D eigenvalue weighted by Gasteiger charge is 2.19. The van der Waals surface area contributed by atoms with E-state index in [1.165, 1.54) is 0 Å². The predicted molar refractivity (Wildman–Crippen MR) is 52.1 cm³/mol. The maximum absolute atomic E-state index is 11.6. The predicted octanol–water partition coefficient (Wildman–Crippen LogP) is 0.893. The summed E-state index contributed by atoms with van der Waals surface area (Å²) < 4.78 is 16.8. The molecule has 13 heavy (non-hydrogen) atoms. The second kappa shape index (κ2) is 5.50. The van der Waals surface area contributed by atoms with Crippen LogP contribution in [0.25, 0.3) is 0 Å². The molecule has 1 unspecified atom stereocenters. The van der Waals surface area contributed by atoms with Gasteiger partial charge in [0.1, 0.15) is 5.78 Å². The first kappa shape index (κ1) is 10.9. The van der Waals surface area contributed by atoms with Crippen LogP contribution in [-0.4, -0.2) is 34.2 Å². The molecule has 0 bridgehead atoms. The van der Waals surface area contributed by atoms with E-state index in [1.54, 1.807) is 6.92 Å². The molecule has 76 valence electrons. The molecular formula is C9H16O3S. The molecule has 0 amide bonds. The normalized spacial score (nSPS) is 21.3. The number of rotatable bonds is 4. The first-order chi connectivity index (χ1) is 6.20. The smallest absolute Gasteiger partial charge is 0.130 e. The van der Waals surface area contributed by atoms with Crippen LogP contribution in [0.1, 0.15) is 26.2 Å². The van der Waals surface area contributed by atoms with E-state index < -0.39 is 10.8 Å². The average Bonchev–Trinajstić information content (AvgIpc) is 2.15. The van der Waals surface area contributed by atoms with E-state index in [2.05, 4.69) is 0 Å². The molecule has 4 heteroatoms. The van der Waals surface area contributed by atoms with Crippen LogP contribution < -0.4 is 0 Å². The zero-order chi connectivity index (χ0) is 9.68. The van der Waals surface area contributed by atoms with Crippen molar-refractivity contribution < 1.29 is 13.7 Å². The van der Waals surface area contributed by atoms with Crippen LogP contribution in [0.3, 0.4) is 0 Å². The van der Waals surface area contributed by atoms with E-state index >= 15 is 0 Å². The summed E-state index contributed by atoms with van der Waals surface area (Å²) in [4.78, 5) is 10.7. The van der Waals surface area contributed by atoms with Gasteiger partial charge >= 0.3 is 0 Å². The fourth-order valence-electron chi connectivity index (χ4n) is 1.35. The van der Waals surface area contributed by atoms with Crippen molar-refractivity contribution in [1.82, 2.24) is 0 Å². The van der Waals surface area contributed by atoms with E-state index in [0.29, 0.717) is 12.2 Å². The summed E-state index contributed by atoms with van der Waals surface area (Å²) in [5.74, 6) is 0.653. The Morgan fingerprint density at radius 3 is 2.62 bits per heavy atom. The minimum absolute atomic E-state index is 0.125. The Morgan fingerprint density at radius 2 is 2.08 bits per heavy atom. The first-order valence-corrected chi connectivity index (χ1v) is 6.02. The minimum Gasteiger partial charge on any atom is -0.381 e. The summed E-state index contributed by atoms with van der Waals surface area (Å²) in [5.41, 5.74) is 0. The average molecular weight is 204 g/mol.